The zero-order chi connectivity index (χ0) is 21.2. The minimum atomic E-state index is -0.559. The van der Waals surface area contributed by atoms with Gasteiger partial charge in [0, 0.05) is 6.42 Å². The molecule has 8 nitrogen and oxygen atoms in total. The van der Waals surface area contributed by atoms with Crippen LogP contribution in [0.3, 0.4) is 0 Å². The minimum Gasteiger partial charge on any atom is -0.465 e. The van der Waals surface area contributed by atoms with E-state index in [1.807, 2.05) is 13.8 Å². The van der Waals surface area contributed by atoms with Crippen LogP contribution >= 0.6 is 0 Å². The molecule has 0 aromatic heterocycles. The number of carbonyl (C=O) groups excluding carboxylic acids is 3. The van der Waals surface area contributed by atoms with Gasteiger partial charge in [0.05, 0.1) is 37.1 Å². The second-order valence-electron chi connectivity index (χ2n) is 7.80. The van der Waals surface area contributed by atoms with Gasteiger partial charge in [-0.3, -0.25) is 9.59 Å². The Labute approximate surface area is 167 Å². The van der Waals surface area contributed by atoms with E-state index in [0.29, 0.717) is 19.6 Å². The molecule has 2 heterocycles. The van der Waals surface area contributed by atoms with E-state index in [9.17, 15) is 14.4 Å². The van der Waals surface area contributed by atoms with Crippen LogP contribution in [0.15, 0.2) is 0 Å². The monoisotopic (exact) mass is 402 g/mol. The highest BCUT2D eigenvalue weighted by Crippen LogP contribution is 2.31. The third kappa shape index (κ3) is 8.56. The van der Waals surface area contributed by atoms with E-state index in [1.54, 1.807) is 13.8 Å². The molecule has 2 aliphatic rings. The van der Waals surface area contributed by atoms with Crippen molar-refractivity contribution in [3.05, 3.63) is 0 Å². The first-order valence-corrected chi connectivity index (χ1v) is 9.91. The Morgan fingerprint density at radius 1 is 1.04 bits per heavy atom. The van der Waals surface area contributed by atoms with Crippen molar-refractivity contribution < 1.29 is 38.1 Å². The summed E-state index contributed by atoms with van der Waals surface area (Å²) in [4.78, 5) is 33.4. The second-order valence-corrected chi connectivity index (χ2v) is 7.80. The maximum absolute atomic E-state index is 11.2. The summed E-state index contributed by atoms with van der Waals surface area (Å²) in [5.74, 6) is -1.34. The van der Waals surface area contributed by atoms with Gasteiger partial charge in [-0.05, 0) is 12.8 Å². The van der Waals surface area contributed by atoms with Crippen LogP contribution in [0.4, 0.5) is 0 Å². The van der Waals surface area contributed by atoms with Crippen LogP contribution < -0.4 is 0 Å². The van der Waals surface area contributed by atoms with Crippen molar-refractivity contribution in [3.63, 3.8) is 0 Å². The number of hydrogen-bond acceptors (Lipinski definition) is 8. The molecule has 162 valence electrons. The molecule has 1 atom stereocenters. The number of esters is 3. The molecule has 28 heavy (non-hydrogen) atoms. The van der Waals surface area contributed by atoms with E-state index in [4.69, 9.17) is 23.7 Å². The number of hydrogen-bond donors (Lipinski definition) is 0. The molecule has 2 fully saturated rings. The Morgan fingerprint density at radius 3 is 2.07 bits per heavy atom. The summed E-state index contributed by atoms with van der Waals surface area (Å²) in [6.45, 7) is 11.5. The highest BCUT2D eigenvalue weighted by molar-refractivity contribution is 5.77. The summed E-state index contributed by atoms with van der Waals surface area (Å²) in [6, 6.07) is 0. The summed E-state index contributed by atoms with van der Waals surface area (Å²) in [6.07, 6.45) is 2.15. The van der Waals surface area contributed by atoms with Gasteiger partial charge in [0.2, 0.25) is 6.29 Å². The standard InChI is InChI=1S/C10H16O5.C10H18O3/c1-7(2)10(12)14-6-8(11)15-9-4-3-5-13-9;1-4-10(5-12-6-10)7-13-9(11)8(2)3/h7,9H,3-6H2,1-2H3;8H,4-7H2,1-3H3. The average Bonchev–Trinajstić information content (AvgIpc) is 3.12. The third-order valence-corrected chi connectivity index (χ3v) is 4.51. The molecular weight excluding hydrogens is 368 g/mol. The van der Waals surface area contributed by atoms with Crippen molar-refractivity contribution in [1.29, 1.82) is 0 Å². The molecule has 0 spiro atoms. The van der Waals surface area contributed by atoms with E-state index in [2.05, 4.69) is 6.92 Å². The fourth-order valence-electron chi connectivity index (χ4n) is 2.29. The van der Waals surface area contributed by atoms with Gasteiger partial charge >= 0.3 is 17.9 Å². The average molecular weight is 402 g/mol. The molecular formula is C20H34O8. The zero-order valence-electron chi connectivity index (χ0n) is 17.7. The largest absolute Gasteiger partial charge is 0.465 e. The van der Waals surface area contributed by atoms with Gasteiger partial charge in [0.25, 0.3) is 0 Å². The number of ether oxygens (including phenoxy) is 5. The molecule has 0 N–H and O–H groups in total. The Hall–Kier alpha value is -1.67. The molecule has 0 amide bonds. The van der Waals surface area contributed by atoms with E-state index in [-0.39, 0.29) is 29.8 Å². The van der Waals surface area contributed by atoms with E-state index in [0.717, 1.165) is 26.1 Å². The lowest BCUT2D eigenvalue weighted by molar-refractivity contribution is -0.178. The topological polar surface area (TPSA) is 97.4 Å². The SMILES string of the molecule is CC(C)C(=O)OCC(=O)OC1CCCO1.CCC1(COC(=O)C(C)C)COC1. The highest BCUT2D eigenvalue weighted by Gasteiger charge is 2.38. The summed E-state index contributed by atoms with van der Waals surface area (Å²) in [5, 5.41) is 0. The van der Waals surface area contributed by atoms with Gasteiger partial charge in [-0.1, -0.05) is 34.6 Å². The maximum Gasteiger partial charge on any atom is 0.346 e. The molecule has 8 heteroatoms. The molecule has 1 unspecified atom stereocenters. The lowest BCUT2D eigenvalue weighted by Gasteiger charge is -2.40. The molecule has 2 aliphatic heterocycles. The molecule has 2 rings (SSSR count). The van der Waals surface area contributed by atoms with E-state index < -0.39 is 18.2 Å². The predicted molar refractivity (Wildman–Crippen MR) is 100 cm³/mol. The Morgan fingerprint density at radius 2 is 1.64 bits per heavy atom. The Balaban J connectivity index is 0.000000283. The smallest absolute Gasteiger partial charge is 0.346 e. The van der Waals surface area contributed by atoms with Crippen molar-refractivity contribution in [2.75, 3.05) is 33.0 Å². The Bertz CT molecular complexity index is 499. The van der Waals surface area contributed by atoms with Crippen LogP contribution in [-0.2, 0) is 38.1 Å². The van der Waals surface area contributed by atoms with Crippen molar-refractivity contribution in [1.82, 2.24) is 0 Å². The normalized spacial score (nSPS) is 20.0. The summed E-state index contributed by atoms with van der Waals surface area (Å²) < 4.78 is 25.0. The van der Waals surface area contributed by atoms with Crippen LogP contribution in [0.2, 0.25) is 0 Å². The number of carbonyl (C=O) groups is 3. The van der Waals surface area contributed by atoms with Crippen molar-refractivity contribution in [3.8, 4) is 0 Å². The van der Waals surface area contributed by atoms with Gasteiger partial charge in [0.1, 0.15) is 6.61 Å². The first kappa shape index (κ1) is 24.4. The van der Waals surface area contributed by atoms with E-state index >= 15 is 0 Å². The quantitative estimate of drug-likeness (QED) is 0.451. The summed E-state index contributed by atoms with van der Waals surface area (Å²) in [7, 11) is 0. The predicted octanol–water partition coefficient (Wildman–Crippen LogP) is 2.48. The fourth-order valence-corrected chi connectivity index (χ4v) is 2.29. The second kappa shape index (κ2) is 12.0. The molecule has 0 aromatic rings. The first-order chi connectivity index (χ1) is 13.2. The lowest BCUT2D eigenvalue weighted by atomic mass is 9.84. The van der Waals surface area contributed by atoms with Gasteiger partial charge in [-0.25, -0.2) is 4.79 Å². The van der Waals surface area contributed by atoms with Crippen LogP contribution in [0.5, 0.6) is 0 Å². The van der Waals surface area contributed by atoms with Gasteiger partial charge in [-0.2, -0.15) is 0 Å². The number of rotatable bonds is 8. The zero-order valence-corrected chi connectivity index (χ0v) is 17.7. The van der Waals surface area contributed by atoms with E-state index in [1.165, 1.54) is 0 Å². The highest BCUT2D eigenvalue weighted by atomic mass is 16.7. The fraction of sp³-hybridized carbons (Fsp3) is 0.850. The van der Waals surface area contributed by atoms with Crippen LogP contribution in [0.25, 0.3) is 0 Å². The summed E-state index contributed by atoms with van der Waals surface area (Å²) >= 11 is 0. The van der Waals surface area contributed by atoms with Gasteiger partial charge in [-0.15, -0.1) is 0 Å². The van der Waals surface area contributed by atoms with Gasteiger partial charge in [0.15, 0.2) is 6.61 Å². The van der Waals surface area contributed by atoms with Crippen molar-refractivity contribution >= 4 is 17.9 Å². The van der Waals surface area contributed by atoms with Gasteiger partial charge < -0.3 is 23.7 Å². The molecule has 0 radical (unpaired) electrons. The molecule has 0 saturated carbocycles. The lowest BCUT2D eigenvalue weighted by Crippen LogP contribution is -2.46. The molecule has 0 aliphatic carbocycles. The molecule has 2 saturated heterocycles. The summed E-state index contributed by atoms with van der Waals surface area (Å²) in [5.41, 5.74) is 0.116. The third-order valence-electron chi connectivity index (χ3n) is 4.51. The van der Waals surface area contributed by atoms with Crippen molar-refractivity contribution in [2.24, 2.45) is 17.3 Å². The van der Waals surface area contributed by atoms with Crippen LogP contribution in [-0.4, -0.2) is 57.2 Å². The minimum absolute atomic E-state index is 0.0325. The first-order valence-electron chi connectivity index (χ1n) is 9.91. The van der Waals surface area contributed by atoms with Crippen LogP contribution in [0, 0.1) is 17.3 Å². The molecule has 0 aromatic carbocycles. The van der Waals surface area contributed by atoms with Crippen molar-refractivity contribution in [2.45, 2.75) is 60.2 Å². The van der Waals surface area contributed by atoms with Crippen LogP contribution in [0.1, 0.15) is 53.9 Å². The Kier molecular flexibility index (Phi) is 10.5. The molecule has 0 bridgehead atoms. The maximum atomic E-state index is 11.2.